The summed E-state index contributed by atoms with van der Waals surface area (Å²) in [7, 11) is 1.91. The molecule has 0 atom stereocenters. The average molecular weight is 244 g/mol. The van der Waals surface area contributed by atoms with Crippen molar-refractivity contribution >= 4 is 22.4 Å². The van der Waals surface area contributed by atoms with E-state index in [0.717, 1.165) is 21.9 Å². The van der Waals surface area contributed by atoms with E-state index in [1.54, 1.807) is 10.9 Å². The first kappa shape index (κ1) is 10.3. The van der Waals surface area contributed by atoms with Crippen LogP contribution in [0.15, 0.2) is 42.9 Å². The van der Waals surface area contributed by atoms with Crippen LogP contribution in [-0.2, 0) is 7.05 Å². The number of aromatic nitrogens is 3. The van der Waals surface area contributed by atoms with Crippen molar-refractivity contribution in [3.8, 4) is 11.1 Å². The third-order valence-electron chi connectivity index (χ3n) is 2.75. The van der Waals surface area contributed by atoms with Gasteiger partial charge in [0, 0.05) is 30.4 Å². The Kier molecular flexibility index (Phi) is 2.34. The fraction of sp³-hybridized carbons (Fsp3) is 0.0769. The van der Waals surface area contributed by atoms with Crippen LogP contribution in [0.1, 0.15) is 0 Å². The van der Waals surface area contributed by atoms with Gasteiger partial charge in [-0.05, 0) is 17.0 Å². The molecule has 3 rings (SSSR count). The molecule has 0 aliphatic carbocycles. The molecule has 17 heavy (non-hydrogen) atoms. The van der Waals surface area contributed by atoms with Crippen molar-refractivity contribution in [2.45, 2.75) is 0 Å². The second kappa shape index (κ2) is 3.86. The van der Waals surface area contributed by atoms with E-state index in [4.69, 9.17) is 11.6 Å². The number of halogens is 1. The van der Waals surface area contributed by atoms with Gasteiger partial charge < -0.3 is 0 Å². The second-order valence-electron chi connectivity index (χ2n) is 3.94. The molecule has 0 unspecified atom stereocenters. The summed E-state index contributed by atoms with van der Waals surface area (Å²) in [4.78, 5) is 4.09. The van der Waals surface area contributed by atoms with Crippen LogP contribution < -0.4 is 0 Å². The molecule has 0 bridgehead atoms. The van der Waals surface area contributed by atoms with Gasteiger partial charge in [0.15, 0.2) is 0 Å². The lowest BCUT2D eigenvalue weighted by atomic mass is 10.0. The van der Waals surface area contributed by atoms with Crippen molar-refractivity contribution in [2.24, 2.45) is 7.05 Å². The summed E-state index contributed by atoms with van der Waals surface area (Å²) >= 11 is 5.95. The molecule has 4 heteroatoms. The maximum atomic E-state index is 5.95. The minimum absolute atomic E-state index is 0.508. The highest BCUT2D eigenvalue weighted by Crippen LogP contribution is 2.29. The first-order valence-corrected chi connectivity index (χ1v) is 5.65. The van der Waals surface area contributed by atoms with E-state index >= 15 is 0 Å². The fourth-order valence-corrected chi connectivity index (χ4v) is 2.11. The standard InChI is InChI=1S/C13H10ClN3/c1-17-8-10(7-16-17)11-4-2-3-9-6-15-13(14)5-12(9)11/h2-8H,1H3. The van der Waals surface area contributed by atoms with Gasteiger partial charge in [0.2, 0.25) is 0 Å². The van der Waals surface area contributed by atoms with Crippen molar-refractivity contribution in [3.05, 3.63) is 48.0 Å². The first-order chi connectivity index (χ1) is 8.24. The van der Waals surface area contributed by atoms with Crippen LogP contribution in [0, 0.1) is 0 Å². The third-order valence-corrected chi connectivity index (χ3v) is 2.95. The lowest BCUT2D eigenvalue weighted by Crippen LogP contribution is -1.84. The molecule has 0 radical (unpaired) electrons. The molecule has 0 aliphatic heterocycles. The largest absolute Gasteiger partial charge is 0.275 e. The minimum Gasteiger partial charge on any atom is -0.275 e. The maximum Gasteiger partial charge on any atom is 0.129 e. The second-order valence-corrected chi connectivity index (χ2v) is 4.32. The van der Waals surface area contributed by atoms with Crippen molar-refractivity contribution < 1.29 is 0 Å². The number of hydrogen-bond donors (Lipinski definition) is 0. The van der Waals surface area contributed by atoms with Crippen LogP contribution in [0.25, 0.3) is 21.9 Å². The summed E-state index contributed by atoms with van der Waals surface area (Å²) in [5.74, 6) is 0. The van der Waals surface area contributed by atoms with Crippen molar-refractivity contribution in [1.82, 2.24) is 14.8 Å². The fourth-order valence-electron chi connectivity index (χ4n) is 1.96. The Bertz CT molecular complexity index is 688. The van der Waals surface area contributed by atoms with Crippen LogP contribution in [-0.4, -0.2) is 14.8 Å². The molecule has 0 N–H and O–H groups in total. The number of aryl methyl sites for hydroxylation is 1. The lowest BCUT2D eigenvalue weighted by Gasteiger charge is -2.04. The summed E-state index contributed by atoms with van der Waals surface area (Å²) < 4.78 is 1.79. The van der Waals surface area contributed by atoms with Crippen LogP contribution in [0.2, 0.25) is 5.15 Å². The Morgan fingerprint density at radius 1 is 1.24 bits per heavy atom. The Hall–Kier alpha value is -1.87. The molecule has 3 aromatic rings. The highest BCUT2D eigenvalue weighted by atomic mass is 35.5. The van der Waals surface area contributed by atoms with Gasteiger partial charge in [-0.1, -0.05) is 29.8 Å². The molecule has 0 aliphatic rings. The van der Waals surface area contributed by atoms with Crippen LogP contribution in [0.4, 0.5) is 0 Å². The summed E-state index contributed by atoms with van der Waals surface area (Å²) in [5, 5.41) is 6.88. The van der Waals surface area contributed by atoms with E-state index in [0.29, 0.717) is 5.15 Å². The van der Waals surface area contributed by atoms with Gasteiger partial charge in [0.05, 0.1) is 6.20 Å². The molecule has 3 nitrogen and oxygen atoms in total. The summed E-state index contributed by atoms with van der Waals surface area (Å²) in [6.07, 6.45) is 5.63. The lowest BCUT2D eigenvalue weighted by molar-refractivity contribution is 0.768. The monoisotopic (exact) mass is 243 g/mol. The molecule has 84 valence electrons. The van der Waals surface area contributed by atoms with Gasteiger partial charge >= 0.3 is 0 Å². The SMILES string of the molecule is Cn1cc(-c2cccc3cnc(Cl)cc23)cn1. The van der Waals surface area contributed by atoms with Gasteiger partial charge in [0.25, 0.3) is 0 Å². The number of benzene rings is 1. The van der Waals surface area contributed by atoms with Gasteiger partial charge in [-0.15, -0.1) is 0 Å². The highest BCUT2D eigenvalue weighted by molar-refractivity contribution is 6.30. The molecular formula is C13H10ClN3. The van der Waals surface area contributed by atoms with Gasteiger partial charge in [-0.25, -0.2) is 4.98 Å². The van der Waals surface area contributed by atoms with Crippen LogP contribution in [0.5, 0.6) is 0 Å². The Balaban J connectivity index is 2.32. The zero-order valence-electron chi connectivity index (χ0n) is 9.26. The molecule has 2 heterocycles. The Labute approximate surface area is 104 Å². The summed E-state index contributed by atoms with van der Waals surface area (Å²) in [5.41, 5.74) is 2.21. The van der Waals surface area contributed by atoms with Crippen molar-refractivity contribution in [3.63, 3.8) is 0 Å². The Morgan fingerprint density at radius 2 is 2.12 bits per heavy atom. The predicted molar refractivity (Wildman–Crippen MR) is 69.0 cm³/mol. The van der Waals surface area contributed by atoms with E-state index in [-0.39, 0.29) is 0 Å². The molecule has 0 spiro atoms. The van der Waals surface area contributed by atoms with Crippen LogP contribution in [0.3, 0.4) is 0 Å². The van der Waals surface area contributed by atoms with E-state index in [1.807, 2.05) is 37.6 Å². The average Bonchev–Trinajstić information content (AvgIpc) is 2.75. The molecule has 0 amide bonds. The predicted octanol–water partition coefficient (Wildman–Crippen LogP) is 3.29. The van der Waals surface area contributed by atoms with E-state index < -0.39 is 0 Å². The van der Waals surface area contributed by atoms with Gasteiger partial charge in [-0.3, -0.25) is 4.68 Å². The quantitative estimate of drug-likeness (QED) is 0.614. The number of pyridine rings is 1. The molecule has 0 saturated carbocycles. The van der Waals surface area contributed by atoms with Gasteiger partial charge in [-0.2, -0.15) is 5.10 Å². The number of nitrogens with zero attached hydrogens (tertiary/aromatic N) is 3. The van der Waals surface area contributed by atoms with E-state index in [9.17, 15) is 0 Å². The van der Waals surface area contributed by atoms with E-state index in [2.05, 4.69) is 16.1 Å². The van der Waals surface area contributed by atoms with E-state index in [1.165, 1.54) is 0 Å². The molecule has 2 aromatic heterocycles. The minimum atomic E-state index is 0.508. The zero-order chi connectivity index (χ0) is 11.8. The molecule has 0 fully saturated rings. The number of hydrogen-bond acceptors (Lipinski definition) is 2. The number of fused-ring (bicyclic) bond motifs is 1. The topological polar surface area (TPSA) is 30.7 Å². The smallest absolute Gasteiger partial charge is 0.129 e. The van der Waals surface area contributed by atoms with Crippen molar-refractivity contribution in [2.75, 3.05) is 0 Å². The normalized spacial score (nSPS) is 10.9. The Morgan fingerprint density at radius 3 is 2.88 bits per heavy atom. The third kappa shape index (κ3) is 1.78. The van der Waals surface area contributed by atoms with Gasteiger partial charge in [0.1, 0.15) is 5.15 Å². The number of rotatable bonds is 1. The molecular weight excluding hydrogens is 234 g/mol. The highest BCUT2D eigenvalue weighted by Gasteiger charge is 2.06. The summed E-state index contributed by atoms with van der Waals surface area (Å²) in [6, 6.07) is 7.99. The molecule has 1 aromatic carbocycles. The zero-order valence-corrected chi connectivity index (χ0v) is 10.0. The summed E-state index contributed by atoms with van der Waals surface area (Å²) in [6.45, 7) is 0. The maximum absolute atomic E-state index is 5.95. The first-order valence-electron chi connectivity index (χ1n) is 5.27. The van der Waals surface area contributed by atoms with Crippen molar-refractivity contribution in [1.29, 1.82) is 0 Å². The van der Waals surface area contributed by atoms with Crippen LogP contribution >= 0.6 is 11.6 Å². The molecule has 0 saturated heterocycles.